The number of nitrogens with one attached hydrogen (secondary N) is 1. The van der Waals surface area contributed by atoms with Crippen LogP contribution in [0.2, 0.25) is 0 Å². The summed E-state index contributed by atoms with van der Waals surface area (Å²) in [5.74, 6) is 1.45. The van der Waals surface area contributed by atoms with Crippen LogP contribution in [-0.4, -0.2) is 46.2 Å². The number of carbonyl (C=O) groups is 1. The Kier molecular flexibility index (Phi) is 5.70. The second kappa shape index (κ2) is 7.52. The molecule has 1 aromatic carbocycles. The van der Waals surface area contributed by atoms with Gasteiger partial charge in [0.15, 0.2) is 0 Å². The van der Waals surface area contributed by atoms with Gasteiger partial charge in [-0.1, -0.05) is 12.1 Å². The summed E-state index contributed by atoms with van der Waals surface area (Å²) in [6.07, 6.45) is 0.458. The Bertz CT molecular complexity index is 483. The van der Waals surface area contributed by atoms with E-state index in [0.717, 1.165) is 42.4 Å². The smallest absolute Gasteiger partial charge is 0.225 e. The molecule has 0 spiro atoms. The van der Waals surface area contributed by atoms with E-state index in [1.54, 1.807) is 0 Å². The van der Waals surface area contributed by atoms with Gasteiger partial charge in [0.25, 0.3) is 0 Å². The van der Waals surface area contributed by atoms with Gasteiger partial charge in [0.05, 0.1) is 0 Å². The minimum atomic E-state index is -0.665. The zero-order valence-electron chi connectivity index (χ0n) is 11.5. The summed E-state index contributed by atoms with van der Waals surface area (Å²) in [6, 6.07) is 7.57. The van der Waals surface area contributed by atoms with Crippen molar-refractivity contribution in [2.24, 2.45) is 5.73 Å². The number of amides is 1. The third-order valence-corrected chi connectivity index (χ3v) is 4.65. The predicted octanol–water partition coefficient (Wildman–Crippen LogP) is 0.538. The van der Waals surface area contributed by atoms with Crippen molar-refractivity contribution >= 4 is 22.4 Å². The van der Waals surface area contributed by atoms with Crippen LogP contribution in [0.4, 0.5) is 5.69 Å². The van der Waals surface area contributed by atoms with E-state index in [2.05, 4.69) is 10.2 Å². The van der Waals surface area contributed by atoms with E-state index >= 15 is 0 Å². The molecule has 1 heterocycles. The van der Waals surface area contributed by atoms with Crippen LogP contribution in [0.15, 0.2) is 24.3 Å². The van der Waals surface area contributed by atoms with Gasteiger partial charge in [-0.05, 0) is 17.7 Å². The molecular weight excluding hydrogens is 274 g/mol. The van der Waals surface area contributed by atoms with Gasteiger partial charge < -0.3 is 16.0 Å². The molecule has 0 saturated carbocycles. The average Bonchev–Trinajstić information content (AvgIpc) is 2.47. The van der Waals surface area contributed by atoms with E-state index in [0.29, 0.717) is 13.0 Å². The van der Waals surface area contributed by atoms with Crippen molar-refractivity contribution in [1.29, 1.82) is 0 Å². The van der Waals surface area contributed by atoms with Gasteiger partial charge >= 0.3 is 0 Å². The van der Waals surface area contributed by atoms with Crippen molar-refractivity contribution in [1.82, 2.24) is 4.90 Å². The number of hydrogen-bond donors (Lipinski definition) is 2. The molecule has 3 N–H and O–H groups in total. The molecule has 1 aromatic rings. The highest BCUT2D eigenvalue weighted by Gasteiger charge is 2.15. The molecule has 1 saturated heterocycles. The largest absolute Gasteiger partial charge is 0.326 e. The fourth-order valence-electron chi connectivity index (χ4n) is 2.16. The number of nitrogens with zero attached hydrogens (tertiary/aromatic N) is 1. The minimum absolute atomic E-state index is 0.00543. The molecular formula is C14H21N3O2S. The second-order valence-electron chi connectivity index (χ2n) is 4.89. The van der Waals surface area contributed by atoms with Crippen LogP contribution in [-0.2, 0) is 22.1 Å². The first-order valence-corrected chi connectivity index (χ1v) is 8.32. The highest BCUT2D eigenvalue weighted by Crippen LogP contribution is 2.10. The lowest BCUT2D eigenvalue weighted by molar-refractivity contribution is -0.116. The first-order valence-electron chi connectivity index (χ1n) is 6.83. The van der Waals surface area contributed by atoms with E-state index in [4.69, 9.17) is 5.73 Å². The Morgan fingerprint density at radius 3 is 2.80 bits per heavy atom. The molecule has 1 aliphatic heterocycles. The zero-order valence-corrected chi connectivity index (χ0v) is 12.3. The number of rotatable bonds is 5. The summed E-state index contributed by atoms with van der Waals surface area (Å²) in [4.78, 5) is 14.1. The highest BCUT2D eigenvalue weighted by molar-refractivity contribution is 7.85. The van der Waals surface area contributed by atoms with Crippen LogP contribution >= 0.6 is 0 Å². The van der Waals surface area contributed by atoms with E-state index in [1.807, 2.05) is 24.3 Å². The van der Waals surface area contributed by atoms with Crippen LogP contribution < -0.4 is 11.1 Å². The highest BCUT2D eigenvalue weighted by atomic mass is 32.2. The van der Waals surface area contributed by atoms with Crippen molar-refractivity contribution in [3.8, 4) is 0 Å². The monoisotopic (exact) mass is 295 g/mol. The normalized spacial score (nSPS) is 17.1. The molecule has 1 amide bonds. The molecule has 0 radical (unpaired) electrons. The lowest BCUT2D eigenvalue weighted by atomic mass is 10.2. The van der Waals surface area contributed by atoms with E-state index < -0.39 is 10.8 Å². The minimum Gasteiger partial charge on any atom is -0.326 e. The van der Waals surface area contributed by atoms with Gasteiger partial charge in [0.2, 0.25) is 5.91 Å². The van der Waals surface area contributed by atoms with Gasteiger partial charge in [0, 0.05) is 60.6 Å². The van der Waals surface area contributed by atoms with Crippen LogP contribution in [0.25, 0.3) is 0 Å². The van der Waals surface area contributed by atoms with Crippen molar-refractivity contribution < 1.29 is 9.00 Å². The number of carbonyl (C=O) groups excluding carboxylic acids is 1. The molecule has 110 valence electrons. The van der Waals surface area contributed by atoms with E-state index in [9.17, 15) is 9.00 Å². The number of nitrogens with two attached hydrogens (primary N) is 1. The molecule has 2 rings (SSSR count). The summed E-state index contributed by atoms with van der Waals surface area (Å²) in [5.41, 5.74) is 7.36. The summed E-state index contributed by atoms with van der Waals surface area (Å²) in [7, 11) is -0.665. The van der Waals surface area contributed by atoms with E-state index in [-0.39, 0.29) is 5.91 Å². The average molecular weight is 295 g/mol. The number of benzene rings is 1. The van der Waals surface area contributed by atoms with Crippen LogP contribution in [0, 0.1) is 0 Å². The lowest BCUT2D eigenvalue weighted by Gasteiger charge is -2.25. The van der Waals surface area contributed by atoms with Crippen LogP contribution in [0.5, 0.6) is 0 Å². The summed E-state index contributed by atoms with van der Waals surface area (Å²) < 4.78 is 11.2. The maximum atomic E-state index is 11.9. The molecule has 5 nitrogen and oxygen atoms in total. The van der Waals surface area contributed by atoms with Gasteiger partial charge in [0.1, 0.15) is 0 Å². The summed E-state index contributed by atoms with van der Waals surface area (Å²) in [6.45, 7) is 2.83. The maximum Gasteiger partial charge on any atom is 0.225 e. The fourth-order valence-corrected chi connectivity index (χ4v) is 3.29. The molecule has 20 heavy (non-hydrogen) atoms. The third-order valence-electron chi connectivity index (χ3n) is 3.37. The first-order chi connectivity index (χ1) is 9.67. The van der Waals surface area contributed by atoms with Crippen LogP contribution in [0.3, 0.4) is 0 Å². The van der Waals surface area contributed by atoms with Crippen molar-refractivity contribution in [2.75, 3.05) is 36.5 Å². The third kappa shape index (κ3) is 4.70. The second-order valence-corrected chi connectivity index (χ2v) is 6.59. The molecule has 0 atom stereocenters. The lowest BCUT2D eigenvalue weighted by Crippen LogP contribution is -2.39. The maximum absolute atomic E-state index is 11.9. The molecule has 0 aliphatic carbocycles. The molecule has 0 aromatic heterocycles. The van der Waals surface area contributed by atoms with Gasteiger partial charge in [-0.15, -0.1) is 0 Å². The Morgan fingerprint density at radius 1 is 1.35 bits per heavy atom. The Labute approximate surface area is 122 Å². The standard InChI is InChI=1S/C14H21N3O2S/c15-11-12-2-1-3-13(10-12)16-14(18)4-5-17-6-8-20(19)9-7-17/h1-3,10H,4-9,11,15H2,(H,16,18). The van der Waals surface area contributed by atoms with Gasteiger partial charge in [-0.2, -0.15) is 0 Å². The Morgan fingerprint density at radius 2 is 2.10 bits per heavy atom. The topological polar surface area (TPSA) is 75.4 Å². The predicted molar refractivity (Wildman–Crippen MR) is 81.9 cm³/mol. The quantitative estimate of drug-likeness (QED) is 0.831. The molecule has 1 fully saturated rings. The van der Waals surface area contributed by atoms with Gasteiger partial charge in [-0.25, -0.2) is 0 Å². The molecule has 6 heteroatoms. The van der Waals surface area contributed by atoms with Crippen molar-refractivity contribution in [3.63, 3.8) is 0 Å². The first kappa shape index (κ1) is 15.2. The SMILES string of the molecule is NCc1cccc(NC(=O)CCN2CCS(=O)CC2)c1. The van der Waals surface area contributed by atoms with E-state index in [1.165, 1.54) is 0 Å². The Balaban J connectivity index is 1.76. The van der Waals surface area contributed by atoms with Gasteiger partial charge in [-0.3, -0.25) is 9.00 Å². The fraction of sp³-hybridized carbons (Fsp3) is 0.500. The number of anilines is 1. The summed E-state index contributed by atoms with van der Waals surface area (Å²) >= 11 is 0. The van der Waals surface area contributed by atoms with Crippen LogP contribution in [0.1, 0.15) is 12.0 Å². The zero-order chi connectivity index (χ0) is 14.4. The number of hydrogen-bond acceptors (Lipinski definition) is 4. The molecule has 0 unspecified atom stereocenters. The summed E-state index contributed by atoms with van der Waals surface area (Å²) in [5, 5.41) is 2.88. The van der Waals surface area contributed by atoms with Crippen molar-refractivity contribution in [3.05, 3.63) is 29.8 Å². The molecule has 1 aliphatic rings. The molecule has 0 bridgehead atoms. The Hall–Kier alpha value is -1.24. The van der Waals surface area contributed by atoms with Crippen molar-refractivity contribution in [2.45, 2.75) is 13.0 Å².